The third kappa shape index (κ3) is 2.01. The van der Waals surface area contributed by atoms with Gasteiger partial charge in [-0.1, -0.05) is 23.7 Å². The van der Waals surface area contributed by atoms with Crippen LogP contribution in [0.5, 0.6) is 0 Å². The van der Waals surface area contributed by atoms with Gasteiger partial charge in [0.1, 0.15) is 0 Å². The summed E-state index contributed by atoms with van der Waals surface area (Å²) in [6, 6.07) is 6.26. The number of aryl methyl sites for hydroxylation is 1. The molecule has 0 aromatic heterocycles. The van der Waals surface area contributed by atoms with Crippen molar-refractivity contribution in [1.29, 1.82) is 0 Å². The van der Waals surface area contributed by atoms with E-state index < -0.39 is 0 Å². The molecule has 0 radical (unpaired) electrons. The Balaban J connectivity index is 2.29. The van der Waals surface area contributed by atoms with Gasteiger partial charge in [-0.15, -0.1) is 11.8 Å². The van der Waals surface area contributed by atoms with Crippen LogP contribution in [0.25, 0.3) is 0 Å². The summed E-state index contributed by atoms with van der Waals surface area (Å²) in [5, 5.41) is 4.69. The largest absolute Gasteiger partial charge is 0.301 e. The Bertz CT molecular complexity index is 308. The molecule has 1 aromatic carbocycles. The van der Waals surface area contributed by atoms with Crippen LogP contribution in [-0.2, 0) is 0 Å². The molecule has 2 rings (SSSR count). The van der Waals surface area contributed by atoms with Gasteiger partial charge >= 0.3 is 0 Å². The fourth-order valence-electron chi connectivity index (χ4n) is 1.47. The number of halogens is 1. The SMILES string of the molecule is Cc1ccc(C2NCCS2)c(Cl)c1. The van der Waals surface area contributed by atoms with E-state index in [0.29, 0.717) is 5.37 Å². The second kappa shape index (κ2) is 3.91. The number of benzene rings is 1. The van der Waals surface area contributed by atoms with Gasteiger partial charge in [0.2, 0.25) is 0 Å². The first-order valence-electron chi connectivity index (χ1n) is 4.38. The van der Waals surface area contributed by atoms with Crippen LogP contribution in [0.2, 0.25) is 5.02 Å². The number of nitrogens with one attached hydrogen (secondary N) is 1. The molecule has 1 unspecified atom stereocenters. The van der Waals surface area contributed by atoms with Gasteiger partial charge in [-0.25, -0.2) is 0 Å². The first-order chi connectivity index (χ1) is 6.27. The zero-order valence-corrected chi connectivity index (χ0v) is 9.08. The molecule has 0 bridgehead atoms. The number of hydrogen-bond acceptors (Lipinski definition) is 2. The monoisotopic (exact) mass is 213 g/mol. The van der Waals surface area contributed by atoms with Gasteiger partial charge in [0, 0.05) is 17.3 Å². The van der Waals surface area contributed by atoms with Gasteiger partial charge in [-0.3, -0.25) is 0 Å². The molecule has 13 heavy (non-hydrogen) atoms. The zero-order valence-electron chi connectivity index (χ0n) is 7.51. The fraction of sp³-hybridized carbons (Fsp3) is 0.400. The van der Waals surface area contributed by atoms with Crippen molar-refractivity contribution >= 4 is 23.4 Å². The van der Waals surface area contributed by atoms with E-state index in [1.165, 1.54) is 16.9 Å². The van der Waals surface area contributed by atoms with Gasteiger partial charge < -0.3 is 5.32 Å². The molecular weight excluding hydrogens is 202 g/mol. The Morgan fingerprint density at radius 3 is 3.00 bits per heavy atom. The van der Waals surface area contributed by atoms with Crippen molar-refractivity contribution < 1.29 is 0 Å². The lowest BCUT2D eigenvalue weighted by Gasteiger charge is -2.11. The standard InChI is InChI=1S/C10H12ClNS/c1-7-2-3-8(9(11)6-7)10-12-4-5-13-10/h2-3,6,10,12H,4-5H2,1H3. The summed E-state index contributed by atoms with van der Waals surface area (Å²) in [4.78, 5) is 0. The average molecular weight is 214 g/mol. The molecule has 1 aromatic rings. The van der Waals surface area contributed by atoms with Crippen molar-refractivity contribution in [3.05, 3.63) is 34.3 Å². The molecule has 1 atom stereocenters. The summed E-state index contributed by atoms with van der Waals surface area (Å²) in [5.41, 5.74) is 2.44. The van der Waals surface area contributed by atoms with Crippen LogP contribution >= 0.6 is 23.4 Å². The second-order valence-corrected chi connectivity index (χ2v) is 4.85. The van der Waals surface area contributed by atoms with Crippen LogP contribution in [0.1, 0.15) is 16.5 Å². The Labute approximate surface area is 87.9 Å². The molecule has 1 aliphatic rings. The molecule has 3 heteroatoms. The molecule has 1 heterocycles. The van der Waals surface area contributed by atoms with E-state index in [0.717, 1.165) is 11.6 Å². The van der Waals surface area contributed by atoms with Gasteiger partial charge in [0.05, 0.1) is 5.37 Å². The molecule has 0 amide bonds. The van der Waals surface area contributed by atoms with Crippen molar-refractivity contribution in [2.24, 2.45) is 0 Å². The van der Waals surface area contributed by atoms with Crippen molar-refractivity contribution in [2.75, 3.05) is 12.3 Å². The molecule has 0 spiro atoms. The normalized spacial score (nSPS) is 22.2. The predicted molar refractivity (Wildman–Crippen MR) is 59.4 cm³/mol. The summed E-state index contributed by atoms with van der Waals surface area (Å²) in [6.07, 6.45) is 0. The van der Waals surface area contributed by atoms with Crippen LogP contribution in [-0.4, -0.2) is 12.3 Å². The highest BCUT2D eigenvalue weighted by Crippen LogP contribution is 2.34. The van der Waals surface area contributed by atoms with Gasteiger partial charge in [-0.2, -0.15) is 0 Å². The maximum absolute atomic E-state index is 6.16. The minimum Gasteiger partial charge on any atom is -0.301 e. The first-order valence-corrected chi connectivity index (χ1v) is 5.81. The van der Waals surface area contributed by atoms with E-state index >= 15 is 0 Å². The third-order valence-corrected chi connectivity index (χ3v) is 3.68. The Morgan fingerprint density at radius 2 is 2.38 bits per heavy atom. The molecule has 70 valence electrons. The first kappa shape index (κ1) is 9.38. The molecule has 1 N–H and O–H groups in total. The molecular formula is C10H12ClNS. The van der Waals surface area contributed by atoms with Crippen molar-refractivity contribution in [3.8, 4) is 0 Å². The quantitative estimate of drug-likeness (QED) is 0.770. The lowest BCUT2D eigenvalue weighted by Crippen LogP contribution is -2.12. The molecule has 1 aliphatic heterocycles. The van der Waals surface area contributed by atoms with E-state index in [9.17, 15) is 0 Å². The smallest absolute Gasteiger partial charge is 0.0804 e. The maximum atomic E-state index is 6.16. The minimum absolute atomic E-state index is 0.396. The predicted octanol–water partition coefficient (Wildman–Crippen LogP) is 2.98. The molecule has 1 nitrogen and oxygen atoms in total. The molecule has 0 saturated carbocycles. The molecule has 1 saturated heterocycles. The lowest BCUT2D eigenvalue weighted by molar-refractivity contribution is 0.751. The topological polar surface area (TPSA) is 12.0 Å². The summed E-state index contributed by atoms with van der Waals surface area (Å²) in [5.74, 6) is 1.18. The Morgan fingerprint density at radius 1 is 1.54 bits per heavy atom. The van der Waals surface area contributed by atoms with Crippen LogP contribution in [0.3, 0.4) is 0 Å². The highest BCUT2D eigenvalue weighted by atomic mass is 35.5. The minimum atomic E-state index is 0.396. The van der Waals surface area contributed by atoms with Gasteiger partial charge in [-0.05, 0) is 24.1 Å². The lowest BCUT2D eigenvalue weighted by atomic mass is 10.1. The average Bonchev–Trinajstić information content (AvgIpc) is 2.56. The zero-order chi connectivity index (χ0) is 9.26. The number of hydrogen-bond donors (Lipinski definition) is 1. The summed E-state index contributed by atoms with van der Waals surface area (Å²) in [6.45, 7) is 3.14. The van der Waals surface area contributed by atoms with Crippen molar-refractivity contribution in [1.82, 2.24) is 5.32 Å². The summed E-state index contributed by atoms with van der Waals surface area (Å²) >= 11 is 8.08. The maximum Gasteiger partial charge on any atom is 0.0804 e. The third-order valence-electron chi connectivity index (χ3n) is 2.15. The summed E-state index contributed by atoms with van der Waals surface area (Å²) < 4.78 is 0. The van der Waals surface area contributed by atoms with E-state index in [-0.39, 0.29) is 0 Å². The van der Waals surface area contributed by atoms with Crippen LogP contribution in [0, 0.1) is 6.92 Å². The van der Waals surface area contributed by atoms with Crippen LogP contribution in [0.4, 0.5) is 0 Å². The van der Waals surface area contributed by atoms with Crippen molar-refractivity contribution in [3.63, 3.8) is 0 Å². The van der Waals surface area contributed by atoms with Crippen LogP contribution < -0.4 is 5.32 Å². The van der Waals surface area contributed by atoms with E-state index in [4.69, 9.17) is 11.6 Å². The van der Waals surface area contributed by atoms with E-state index in [1.807, 2.05) is 17.8 Å². The van der Waals surface area contributed by atoms with E-state index in [2.05, 4.69) is 24.4 Å². The van der Waals surface area contributed by atoms with Gasteiger partial charge in [0.25, 0.3) is 0 Å². The molecule has 1 fully saturated rings. The number of thioether (sulfide) groups is 1. The second-order valence-electron chi connectivity index (χ2n) is 3.23. The fourth-order valence-corrected chi connectivity index (χ4v) is 2.97. The number of rotatable bonds is 1. The Kier molecular flexibility index (Phi) is 2.82. The highest BCUT2D eigenvalue weighted by molar-refractivity contribution is 7.99. The highest BCUT2D eigenvalue weighted by Gasteiger charge is 2.18. The van der Waals surface area contributed by atoms with Crippen LogP contribution in [0.15, 0.2) is 18.2 Å². The van der Waals surface area contributed by atoms with E-state index in [1.54, 1.807) is 0 Å². The summed E-state index contributed by atoms with van der Waals surface area (Å²) in [7, 11) is 0. The Hall–Kier alpha value is -0.180. The van der Waals surface area contributed by atoms with Gasteiger partial charge in [0.15, 0.2) is 0 Å². The van der Waals surface area contributed by atoms with Crippen molar-refractivity contribution in [2.45, 2.75) is 12.3 Å². The molecule has 0 aliphatic carbocycles.